The summed E-state index contributed by atoms with van der Waals surface area (Å²) in [7, 11) is 0. The molecular formula is C11H14O8. The van der Waals surface area contributed by atoms with Crippen molar-refractivity contribution in [2.45, 2.75) is 38.3 Å². The first-order chi connectivity index (χ1) is 8.97. The lowest BCUT2D eigenvalue weighted by Gasteiger charge is -2.34. The van der Waals surface area contributed by atoms with Crippen molar-refractivity contribution in [1.82, 2.24) is 0 Å². The molecule has 2 aliphatic heterocycles. The lowest BCUT2D eigenvalue weighted by molar-refractivity contribution is -0.187. The van der Waals surface area contributed by atoms with E-state index in [0.29, 0.717) is 0 Å². The molecule has 0 radical (unpaired) electrons. The molecule has 0 saturated carbocycles. The van der Waals surface area contributed by atoms with Gasteiger partial charge in [-0.25, -0.2) is 4.79 Å². The summed E-state index contributed by atoms with van der Waals surface area (Å²) in [6.45, 7) is 2.50. The predicted molar refractivity (Wildman–Crippen MR) is 57.1 cm³/mol. The van der Waals surface area contributed by atoms with Gasteiger partial charge in [0.2, 0.25) is 0 Å². The van der Waals surface area contributed by atoms with Crippen molar-refractivity contribution >= 4 is 18.1 Å². The number of hydrogen-bond donors (Lipinski definition) is 0. The molecule has 2 aliphatic rings. The summed E-state index contributed by atoms with van der Waals surface area (Å²) in [5.74, 6) is -0.971. The third-order valence-electron chi connectivity index (χ3n) is 2.76. The van der Waals surface area contributed by atoms with Gasteiger partial charge >= 0.3 is 18.1 Å². The quantitative estimate of drug-likeness (QED) is 0.515. The fraction of sp³-hybridized carbons (Fsp3) is 0.727. The topological polar surface area (TPSA) is 97.4 Å². The normalized spacial score (nSPS) is 32.8. The number of hydrogen-bond acceptors (Lipinski definition) is 8. The minimum Gasteiger partial charge on any atom is -0.463 e. The van der Waals surface area contributed by atoms with E-state index in [0.717, 1.165) is 0 Å². The Kier molecular flexibility index (Phi) is 3.89. The number of rotatable bonds is 3. The van der Waals surface area contributed by atoms with Crippen molar-refractivity contribution in [1.29, 1.82) is 0 Å². The maximum atomic E-state index is 11.2. The van der Waals surface area contributed by atoms with E-state index < -0.39 is 42.5 Å². The van der Waals surface area contributed by atoms with Crippen LogP contribution in [0, 0.1) is 0 Å². The van der Waals surface area contributed by atoms with Crippen LogP contribution in [0.2, 0.25) is 0 Å². The monoisotopic (exact) mass is 274 g/mol. The SMILES string of the molecule is CC(=O)OCC1OCC(OC(C)=O)[C@H]2OC(=O)O[C@@H]12. The smallest absolute Gasteiger partial charge is 0.463 e. The average molecular weight is 274 g/mol. The maximum absolute atomic E-state index is 11.2. The molecule has 2 heterocycles. The molecule has 2 rings (SSSR count). The second-order valence-electron chi connectivity index (χ2n) is 4.24. The van der Waals surface area contributed by atoms with Crippen molar-refractivity contribution < 1.29 is 38.1 Å². The van der Waals surface area contributed by atoms with Gasteiger partial charge in [0, 0.05) is 13.8 Å². The molecule has 106 valence electrons. The number of esters is 2. The zero-order valence-electron chi connectivity index (χ0n) is 10.5. The van der Waals surface area contributed by atoms with Crippen LogP contribution in [0.4, 0.5) is 4.79 Å². The zero-order chi connectivity index (χ0) is 14.0. The minimum absolute atomic E-state index is 0.0450. The Balaban J connectivity index is 2.02. The van der Waals surface area contributed by atoms with E-state index in [4.69, 9.17) is 23.7 Å². The van der Waals surface area contributed by atoms with E-state index in [-0.39, 0.29) is 13.2 Å². The molecule has 0 aromatic rings. The highest BCUT2D eigenvalue weighted by Gasteiger charge is 2.52. The average Bonchev–Trinajstić information content (AvgIpc) is 2.69. The van der Waals surface area contributed by atoms with Gasteiger partial charge in [0.1, 0.15) is 12.7 Å². The van der Waals surface area contributed by atoms with Crippen molar-refractivity contribution in [2.75, 3.05) is 13.2 Å². The van der Waals surface area contributed by atoms with E-state index in [9.17, 15) is 14.4 Å². The lowest BCUT2D eigenvalue weighted by atomic mass is 10.0. The van der Waals surface area contributed by atoms with Crippen LogP contribution in [0.15, 0.2) is 0 Å². The van der Waals surface area contributed by atoms with Crippen LogP contribution in [-0.4, -0.2) is 55.7 Å². The molecule has 2 fully saturated rings. The van der Waals surface area contributed by atoms with E-state index in [1.807, 2.05) is 0 Å². The molecule has 4 atom stereocenters. The van der Waals surface area contributed by atoms with Crippen LogP contribution >= 0.6 is 0 Å². The fourth-order valence-electron chi connectivity index (χ4n) is 2.02. The first kappa shape index (κ1) is 13.6. The zero-order valence-corrected chi connectivity index (χ0v) is 10.5. The van der Waals surface area contributed by atoms with Crippen LogP contribution in [0.1, 0.15) is 13.8 Å². The van der Waals surface area contributed by atoms with Gasteiger partial charge in [0.05, 0.1) is 6.61 Å². The first-order valence-corrected chi connectivity index (χ1v) is 5.77. The van der Waals surface area contributed by atoms with Gasteiger partial charge in [-0.3, -0.25) is 9.59 Å². The molecule has 0 spiro atoms. The molecule has 0 amide bonds. The van der Waals surface area contributed by atoms with E-state index >= 15 is 0 Å². The highest BCUT2D eigenvalue weighted by Crippen LogP contribution is 2.29. The molecule has 0 N–H and O–H groups in total. The van der Waals surface area contributed by atoms with Gasteiger partial charge < -0.3 is 23.7 Å². The van der Waals surface area contributed by atoms with Crippen LogP contribution in [-0.2, 0) is 33.3 Å². The summed E-state index contributed by atoms with van der Waals surface area (Å²) >= 11 is 0. The van der Waals surface area contributed by atoms with Gasteiger partial charge in [-0.15, -0.1) is 0 Å². The third-order valence-corrected chi connectivity index (χ3v) is 2.76. The molecule has 2 saturated heterocycles. The molecule has 0 bridgehead atoms. The fourth-order valence-corrected chi connectivity index (χ4v) is 2.02. The van der Waals surface area contributed by atoms with Gasteiger partial charge in [-0.1, -0.05) is 0 Å². The summed E-state index contributed by atoms with van der Waals surface area (Å²) < 4.78 is 25.1. The highest BCUT2D eigenvalue weighted by atomic mass is 16.8. The van der Waals surface area contributed by atoms with Crippen LogP contribution < -0.4 is 0 Å². The van der Waals surface area contributed by atoms with Crippen molar-refractivity contribution in [3.05, 3.63) is 0 Å². The Hall–Kier alpha value is -1.83. The third kappa shape index (κ3) is 3.14. The summed E-state index contributed by atoms with van der Waals surface area (Å²) in [4.78, 5) is 32.9. The van der Waals surface area contributed by atoms with Crippen molar-refractivity contribution in [3.8, 4) is 0 Å². The molecule has 8 nitrogen and oxygen atoms in total. The highest BCUT2D eigenvalue weighted by molar-refractivity contribution is 5.67. The van der Waals surface area contributed by atoms with Gasteiger partial charge in [-0.05, 0) is 0 Å². The Labute approximate surface area is 108 Å². The lowest BCUT2D eigenvalue weighted by Crippen LogP contribution is -2.54. The van der Waals surface area contributed by atoms with Crippen LogP contribution in [0.25, 0.3) is 0 Å². The van der Waals surface area contributed by atoms with Gasteiger partial charge in [0.15, 0.2) is 18.3 Å². The van der Waals surface area contributed by atoms with E-state index in [1.54, 1.807) is 0 Å². The first-order valence-electron chi connectivity index (χ1n) is 5.77. The molecule has 2 unspecified atom stereocenters. The largest absolute Gasteiger partial charge is 0.509 e. The Morgan fingerprint density at radius 3 is 2.53 bits per heavy atom. The van der Waals surface area contributed by atoms with Crippen molar-refractivity contribution in [3.63, 3.8) is 0 Å². The Morgan fingerprint density at radius 2 is 1.89 bits per heavy atom. The Bertz CT molecular complexity index is 392. The second-order valence-corrected chi connectivity index (χ2v) is 4.24. The summed E-state index contributed by atoms with van der Waals surface area (Å²) in [5.41, 5.74) is 0. The van der Waals surface area contributed by atoms with E-state index in [1.165, 1.54) is 13.8 Å². The molecule has 0 aromatic carbocycles. The molecule has 19 heavy (non-hydrogen) atoms. The standard InChI is InChI=1S/C11H14O8/c1-5(12)15-3-7-9-10(19-11(14)18-9)8(4-16-7)17-6(2)13/h7-10H,3-4H2,1-2H3/t7?,8?,9-,10+/m0/s1. The number of fused-ring (bicyclic) bond motifs is 1. The van der Waals surface area contributed by atoms with Gasteiger partial charge in [0.25, 0.3) is 0 Å². The summed E-state index contributed by atoms with van der Waals surface area (Å²) in [6.07, 6.45) is -3.71. The summed E-state index contributed by atoms with van der Waals surface area (Å²) in [5, 5.41) is 0. The molecule has 0 aromatic heterocycles. The van der Waals surface area contributed by atoms with Crippen LogP contribution in [0.5, 0.6) is 0 Å². The minimum atomic E-state index is -0.856. The number of carbonyl (C=O) groups is 3. The second kappa shape index (κ2) is 5.43. The predicted octanol–water partition coefficient (Wildman–Crippen LogP) is -0.216. The molecular weight excluding hydrogens is 260 g/mol. The molecule has 8 heteroatoms. The molecule has 0 aliphatic carbocycles. The van der Waals surface area contributed by atoms with E-state index in [2.05, 4.69) is 0 Å². The Morgan fingerprint density at radius 1 is 1.21 bits per heavy atom. The van der Waals surface area contributed by atoms with Gasteiger partial charge in [-0.2, -0.15) is 0 Å². The van der Waals surface area contributed by atoms with Crippen molar-refractivity contribution in [2.24, 2.45) is 0 Å². The maximum Gasteiger partial charge on any atom is 0.509 e. The summed E-state index contributed by atoms with van der Waals surface area (Å²) in [6, 6.07) is 0. The number of carbonyl (C=O) groups excluding carboxylic acids is 3. The van der Waals surface area contributed by atoms with Crippen LogP contribution in [0.3, 0.4) is 0 Å². The number of ether oxygens (including phenoxy) is 5.